The van der Waals surface area contributed by atoms with Crippen molar-refractivity contribution >= 4 is 11.6 Å². The molecule has 1 heterocycles. The number of nitrogens with one attached hydrogen (secondary N) is 1. The van der Waals surface area contributed by atoms with Crippen LogP contribution in [0.15, 0.2) is 24.3 Å². The maximum absolute atomic E-state index is 6.18. The largest absolute Gasteiger partial charge is 0.316 e. The molecule has 0 bridgehead atoms. The van der Waals surface area contributed by atoms with Gasteiger partial charge in [-0.05, 0) is 61.3 Å². The zero-order valence-electron chi connectivity index (χ0n) is 11.1. The van der Waals surface area contributed by atoms with Gasteiger partial charge in [0.2, 0.25) is 0 Å². The second-order valence-corrected chi connectivity index (χ2v) is 6.36. The lowest BCUT2D eigenvalue weighted by Gasteiger charge is -2.45. The first kappa shape index (κ1) is 12.5. The molecule has 1 aromatic carbocycles. The smallest absolute Gasteiger partial charge is 0.0408 e. The number of rotatable bonds is 3. The fourth-order valence-corrected chi connectivity index (χ4v) is 4.18. The standard InChI is InChI=1S/C16H22ClN/c1-2-16(13-6-7-13)8-9-18-11-15(16)12-4-3-5-14(17)10-12/h3-5,10,13,15,18H,2,6-9,11H2,1H3. The quantitative estimate of drug-likeness (QED) is 0.861. The van der Waals surface area contributed by atoms with Gasteiger partial charge >= 0.3 is 0 Å². The van der Waals surface area contributed by atoms with E-state index in [0.29, 0.717) is 11.3 Å². The molecule has 98 valence electrons. The molecule has 0 spiro atoms. The summed E-state index contributed by atoms with van der Waals surface area (Å²) in [5, 5.41) is 4.46. The molecule has 1 nitrogen and oxygen atoms in total. The van der Waals surface area contributed by atoms with Crippen molar-refractivity contribution in [2.45, 2.75) is 38.5 Å². The highest BCUT2D eigenvalue weighted by atomic mass is 35.5. The van der Waals surface area contributed by atoms with E-state index in [-0.39, 0.29) is 0 Å². The van der Waals surface area contributed by atoms with E-state index in [2.05, 4.69) is 30.4 Å². The monoisotopic (exact) mass is 263 g/mol. The summed E-state index contributed by atoms with van der Waals surface area (Å²) < 4.78 is 0. The van der Waals surface area contributed by atoms with Crippen molar-refractivity contribution in [3.8, 4) is 0 Å². The Labute approximate surface area is 115 Å². The van der Waals surface area contributed by atoms with Gasteiger partial charge in [0.05, 0.1) is 0 Å². The summed E-state index contributed by atoms with van der Waals surface area (Å²) in [5.41, 5.74) is 1.96. The van der Waals surface area contributed by atoms with Crippen molar-refractivity contribution in [3.63, 3.8) is 0 Å². The van der Waals surface area contributed by atoms with E-state index in [1.54, 1.807) is 0 Å². The molecule has 1 aliphatic carbocycles. The zero-order chi connectivity index (χ0) is 12.6. The number of piperidine rings is 1. The Kier molecular flexibility index (Phi) is 3.38. The predicted octanol–water partition coefficient (Wildman–Crippen LogP) is 4.22. The van der Waals surface area contributed by atoms with Crippen LogP contribution in [0.2, 0.25) is 5.02 Å². The molecule has 2 atom stereocenters. The Bertz CT molecular complexity index is 427. The lowest BCUT2D eigenvalue weighted by molar-refractivity contribution is 0.123. The first-order valence-corrected chi connectivity index (χ1v) is 7.60. The van der Waals surface area contributed by atoms with Gasteiger partial charge in [0, 0.05) is 17.5 Å². The molecule has 0 aromatic heterocycles. The van der Waals surface area contributed by atoms with Crippen molar-refractivity contribution in [2.75, 3.05) is 13.1 Å². The Balaban J connectivity index is 1.96. The molecule has 1 aromatic rings. The molecule has 2 heteroatoms. The highest BCUT2D eigenvalue weighted by Gasteiger charge is 2.50. The van der Waals surface area contributed by atoms with Crippen molar-refractivity contribution in [3.05, 3.63) is 34.9 Å². The summed E-state index contributed by atoms with van der Waals surface area (Å²) >= 11 is 6.18. The van der Waals surface area contributed by atoms with E-state index in [1.165, 1.54) is 37.8 Å². The lowest BCUT2D eigenvalue weighted by Crippen LogP contribution is -2.44. The molecule has 1 saturated heterocycles. The van der Waals surface area contributed by atoms with Crippen LogP contribution in [0.4, 0.5) is 0 Å². The second-order valence-electron chi connectivity index (χ2n) is 5.92. The normalized spacial score (nSPS) is 32.4. The van der Waals surface area contributed by atoms with E-state index < -0.39 is 0 Å². The van der Waals surface area contributed by atoms with Crippen LogP contribution in [-0.4, -0.2) is 13.1 Å². The van der Waals surface area contributed by atoms with Crippen molar-refractivity contribution in [1.82, 2.24) is 5.32 Å². The minimum absolute atomic E-state index is 0.524. The topological polar surface area (TPSA) is 12.0 Å². The molecule has 2 fully saturated rings. The van der Waals surface area contributed by atoms with Gasteiger partial charge < -0.3 is 5.32 Å². The third-order valence-electron chi connectivity index (χ3n) is 5.11. The average molecular weight is 264 g/mol. The van der Waals surface area contributed by atoms with Crippen molar-refractivity contribution in [2.24, 2.45) is 11.3 Å². The summed E-state index contributed by atoms with van der Waals surface area (Å²) in [7, 11) is 0. The summed E-state index contributed by atoms with van der Waals surface area (Å²) in [4.78, 5) is 0. The number of benzene rings is 1. The van der Waals surface area contributed by atoms with Gasteiger partial charge in [0.1, 0.15) is 0 Å². The SMILES string of the molecule is CCC1(C2CC2)CCNCC1c1cccc(Cl)c1. The fourth-order valence-electron chi connectivity index (χ4n) is 3.98. The van der Waals surface area contributed by atoms with Gasteiger partial charge in [0.15, 0.2) is 0 Å². The average Bonchev–Trinajstić information content (AvgIpc) is 3.23. The van der Waals surface area contributed by atoms with E-state index in [9.17, 15) is 0 Å². The maximum Gasteiger partial charge on any atom is 0.0408 e. The van der Waals surface area contributed by atoms with Crippen LogP contribution >= 0.6 is 11.6 Å². The van der Waals surface area contributed by atoms with Gasteiger partial charge in [-0.3, -0.25) is 0 Å². The first-order chi connectivity index (χ1) is 8.76. The van der Waals surface area contributed by atoms with E-state index in [0.717, 1.165) is 17.5 Å². The van der Waals surface area contributed by atoms with Crippen LogP contribution in [-0.2, 0) is 0 Å². The summed E-state index contributed by atoms with van der Waals surface area (Å²) in [6, 6.07) is 8.51. The minimum atomic E-state index is 0.524. The third-order valence-corrected chi connectivity index (χ3v) is 5.34. The van der Waals surface area contributed by atoms with Gasteiger partial charge in [-0.2, -0.15) is 0 Å². The maximum atomic E-state index is 6.18. The van der Waals surface area contributed by atoms with Gasteiger partial charge in [-0.15, -0.1) is 0 Å². The summed E-state index contributed by atoms with van der Waals surface area (Å²) in [6.07, 6.45) is 5.50. The third kappa shape index (κ3) is 2.08. The van der Waals surface area contributed by atoms with Crippen LogP contribution < -0.4 is 5.32 Å². The van der Waals surface area contributed by atoms with Gasteiger partial charge in [-0.1, -0.05) is 30.7 Å². The molecule has 18 heavy (non-hydrogen) atoms. The highest BCUT2D eigenvalue weighted by molar-refractivity contribution is 6.30. The fraction of sp³-hybridized carbons (Fsp3) is 0.625. The molecule has 1 aliphatic heterocycles. The van der Waals surface area contributed by atoms with Gasteiger partial charge in [0.25, 0.3) is 0 Å². The van der Waals surface area contributed by atoms with Crippen molar-refractivity contribution in [1.29, 1.82) is 0 Å². The molecule has 1 N–H and O–H groups in total. The molecule has 2 unspecified atom stereocenters. The number of hydrogen-bond donors (Lipinski definition) is 1. The first-order valence-electron chi connectivity index (χ1n) is 7.22. The Morgan fingerprint density at radius 2 is 2.22 bits per heavy atom. The second kappa shape index (κ2) is 4.86. The van der Waals surface area contributed by atoms with Crippen LogP contribution in [0.1, 0.15) is 44.1 Å². The lowest BCUT2D eigenvalue weighted by atomic mass is 9.63. The molecule has 3 rings (SSSR count). The van der Waals surface area contributed by atoms with Crippen LogP contribution in [0.25, 0.3) is 0 Å². The molecule has 0 amide bonds. The van der Waals surface area contributed by atoms with Gasteiger partial charge in [-0.25, -0.2) is 0 Å². The molecule has 0 radical (unpaired) electrons. The molecular formula is C16H22ClN. The van der Waals surface area contributed by atoms with Crippen LogP contribution in [0.5, 0.6) is 0 Å². The van der Waals surface area contributed by atoms with E-state index in [1.807, 2.05) is 6.07 Å². The Morgan fingerprint density at radius 3 is 2.89 bits per heavy atom. The molecule has 1 saturated carbocycles. The zero-order valence-corrected chi connectivity index (χ0v) is 11.8. The predicted molar refractivity (Wildman–Crippen MR) is 77.1 cm³/mol. The van der Waals surface area contributed by atoms with Crippen molar-refractivity contribution < 1.29 is 0 Å². The van der Waals surface area contributed by atoms with Crippen LogP contribution in [0.3, 0.4) is 0 Å². The Morgan fingerprint density at radius 1 is 1.39 bits per heavy atom. The number of hydrogen-bond acceptors (Lipinski definition) is 1. The Hall–Kier alpha value is -0.530. The molecular weight excluding hydrogens is 242 g/mol. The minimum Gasteiger partial charge on any atom is -0.316 e. The van der Waals surface area contributed by atoms with E-state index >= 15 is 0 Å². The summed E-state index contributed by atoms with van der Waals surface area (Å²) in [5.74, 6) is 1.59. The molecule has 2 aliphatic rings. The van der Waals surface area contributed by atoms with Crippen LogP contribution in [0, 0.1) is 11.3 Å². The number of halogens is 1. The highest BCUT2D eigenvalue weighted by Crippen LogP contribution is 2.58. The van der Waals surface area contributed by atoms with E-state index in [4.69, 9.17) is 11.6 Å². The summed E-state index contributed by atoms with van der Waals surface area (Å²) in [6.45, 7) is 4.67.